The molecule has 13 atom stereocenters. The van der Waals surface area contributed by atoms with E-state index in [1.807, 2.05) is 60.5 Å². The quantitative estimate of drug-likeness (QED) is 0.0753. The minimum absolute atomic E-state index is 0.0609. The predicted octanol–water partition coefficient (Wildman–Crippen LogP) is 2.33. The number of nitrogens with one attached hydrogen (secondary N) is 4. The molecule has 0 aromatic heterocycles. The zero-order chi connectivity index (χ0) is 72.2. The Morgan fingerprint density at radius 3 is 1.41 bits per heavy atom. The van der Waals surface area contributed by atoms with E-state index in [0.717, 1.165) is 14.7 Å². The summed E-state index contributed by atoms with van der Waals surface area (Å²) < 4.78 is 6.05. The van der Waals surface area contributed by atoms with Gasteiger partial charge in [-0.25, -0.2) is 0 Å². The molecule has 1 saturated heterocycles. The summed E-state index contributed by atoms with van der Waals surface area (Å²) >= 11 is 0. The third-order valence-corrected chi connectivity index (χ3v) is 17.3. The number of hydrogen-bond donors (Lipinski definition) is 6. The number of aliphatic hydroxyl groups excluding tert-OH is 1. The molecule has 1 rings (SSSR count). The minimum atomic E-state index is -1.68. The van der Waals surface area contributed by atoms with Crippen LogP contribution in [0.1, 0.15) is 156 Å². The van der Waals surface area contributed by atoms with Crippen LogP contribution in [0.3, 0.4) is 0 Å². The first-order chi connectivity index (χ1) is 42.8. The maximum absolute atomic E-state index is 15.3. The number of carbonyl (C=O) groups excluding carboxylic acids is 11. The molecule has 0 aromatic rings. The van der Waals surface area contributed by atoms with Crippen LogP contribution < -0.4 is 21.3 Å². The Kier molecular flexibility index (Phi) is 34.9. The largest absolute Gasteiger partial charge is 0.390 e. The first-order valence-corrected chi connectivity index (χ1v) is 33.1. The molecular formula is C67H122N12O14. The lowest BCUT2D eigenvalue weighted by Crippen LogP contribution is -2.64. The maximum atomic E-state index is 15.3. The summed E-state index contributed by atoms with van der Waals surface area (Å²) in [4.78, 5) is 174. The van der Waals surface area contributed by atoms with Gasteiger partial charge in [0.15, 0.2) is 0 Å². The van der Waals surface area contributed by atoms with Crippen LogP contribution in [-0.2, 0) is 57.5 Å². The molecule has 26 nitrogen and oxygen atoms in total. The molecule has 26 heteroatoms. The fourth-order valence-corrected chi connectivity index (χ4v) is 11.4. The van der Waals surface area contributed by atoms with Crippen molar-refractivity contribution in [2.24, 2.45) is 35.5 Å². The van der Waals surface area contributed by atoms with E-state index < -0.39 is 168 Å². The molecule has 0 unspecified atom stereocenters. The van der Waals surface area contributed by atoms with Gasteiger partial charge < -0.3 is 75.4 Å². The van der Waals surface area contributed by atoms with E-state index in [1.165, 1.54) is 96.6 Å². The van der Waals surface area contributed by atoms with Crippen molar-refractivity contribution < 1.29 is 67.7 Å². The highest BCUT2D eigenvalue weighted by Gasteiger charge is 2.47. The predicted molar refractivity (Wildman–Crippen MR) is 358 cm³/mol. The smallest absolute Gasteiger partial charge is 0.248 e. The number of rotatable bonds is 20. The SMILES string of the molecule is C/C=C/C[C@@H](C)[C@@H](O)[C@H]1C(=O)N[C@@H](CC)C(=O)N(C)[C@H](COCCN(C)C)C(=O)N(C)[C@@H](CC(C)(C)O)C(=O)N[C@@H](C(C)C)C(=O)N(C)[C@@H](CC(C)C)C(=O)N[C@@H](C)C(=O)N[C@H](C)C(=O)N(C)[C@@H](CC(C)C)C(=O)N(C)[C@@H](CC(C)C)C(=O)N(C)[C@@H](C(C)C)C(=O)N1C. The Morgan fingerprint density at radius 1 is 0.516 bits per heavy atom. The first-order valence-electron chi connectivity index (χ1n) is 33.1. The number of allylic oxidation sites excluding steroid dienone is 2. The summed E-state index contributed by atoms with van der Waals surface area (Å²) in [5.41, 5.74) is -1.61. The third-order valence-electron chi connectivity index (χ3n) is 17.3. The molecule has 93 heavy (non-hydrogen) atoms. The lowest BCUT2D eigenvalue weighted by Gasteiger charge is -2.41. The van der Waals surface area contributed by atoms with Crippen LogP contribution in [0.2, 0.25) is 0 Å². The number of aliphatic hydroxyl groups is 2. The molecule has 6 N–H and O–H groups in total. The second-order valence-corrected chi connectivity index (χ2v) is 28.6. The summed E-state index contributed by atoms with van der Waals surface area (Å²) in [6.07, 6.45) is 2.22. The Bertz CT molecular complexity index is 2540. The first kappa shape index (κ1) is 84.8. The molecule has 1 aliphatic heterocycles. The Morgan fingerprint density at radius 2 is 0.946 bits per heavy atom. The molecule has 0 aromatic carbocycles. The standard InChI is InChI=1S/C67H122N12O14/c1-27-29-30-43(13)55(80)54-59(84)70-46(28-2)61(86)77(24)51(37-93-32-31-72(18)19)64(89)76(23)50(36-67(16,17)92)58(83)71-52(41(9)10)65(90)73(20)47(33-38(3)4)57(82)68-44(14)56(81)69-45(15)60(85)74(21)48(34-39(5)6)62(87)75(22)49(35-40(7)8)63(88)78(25)53(42(11)12)66(91)79(54)26/h27,29,38-55,80,92H,28,30-37H2,1-26H3,(H,68,82)(H,69,81)(H,70,84)(H,71,83)/b29-27+/t43-,44+,45-,46+,47+,48+,49+,50+,51-,52+,53+,54+,55-/m1/s1. The van der Waals surface area contributed by atoms with E-state index in [0.29, 0.717) is 6.54 Å². The van der Waals surface area contributed by atoms with Crippen molar-refractivity contribution in [1.29, 1.82) is 0 Å². The van der Waals surface area contributed by atoms with Crippen LogP contribution in [0.4, 0.5) is 0 Å². The van der Waals surface area contributed by atoms with Gasteiger partial charge in [-0.3, -0.25) is 52.7 Å². The molecule has 0 saturated carbocycles. The van der Waals surface area contributed by atoms with E-state index >= 15 is 28.8 Å². The van der Waals surface area contributed by atoms with E-state index in [1.54, 1.807) is 60.6 Å². The lowest BCUT2D eigenvalue weighted by atomic mass is 9.91. The van der Waals surface area contributed by atoms with Crippen molar-refractivity contribution >= 4 is 65.0 Å². The molecule has 1 aliphatic rings. The molecular weight excluding hydrogens is 1200 g/mol. The average Bonchev–Trinajstić information content (AvgIpc) is 0.814. The van der Waals surface area contributed by atoms with Gasteiger partial charge in [0.05, 0.1) is 24.9 Å². The molecule has 0 bridgehead atoms. The summed E-state index contributed by atoms with van der Waals surface area (Å²) in [6, 6.07) is -14.7. The summed E-state index contributed by atoms with van der Waals surface area (Å²) in [7, 11) is 13.3. The number of hydrogen-bond acceptors (Lipinski definition) is 15. The van der Waals surface area contributed by atoms with E-state index in [-0.39, 0.29) is 62.9 Å². The van der Waals surface area contributed by atoms with Crippen molar-refractivity contribution in [3.63, 3.8) is 0 Å². The third kappa shape index (κ3) is 24.8. The number of nitrogens with zero attached hydrogens (tertiary/aromatic N) is 8. The Balaban J connectivity index is 4.56. The van der Waals surface area contributed by atoms with Crippen LogP contribution in [0.25, 0.3) is 0 Å². The van der Waals surface area contributed by atoms with Gasteiger partial charge in [0.25, 0.3) is 0 Å². The van der Waals surface area contributed by atoms with Crippen molar-refractivity contribution in [1.82, 2.24) is 60.5 Å². The fraction of sp³-hybridized carbons (Fsp3) is 0.806. The van der Waals surface area contributed by atoms with Gasteiger partial charge in [-0.05, 0) is 116 Å². The number of likely N-dealkylation sites (N-methyl/N-ethyl adjacent to an activating group) is 8. The van der Waals surface area contributed by atoms with Gasteiger partial charge in [0, 0.05) is 62.3 Å². The second-order valence-electron chi connectivity index (χ2n) is 28.6. The minimum Gasteiger partial charge on any atom is -0.390 e. The Hall–Kier alpha value is -6.25. The monoisotopic (exact) mass is 1320 g/mol. The van der Waals surface area contributed by atoms with Crippen LogP contribution in [-0.4, -0.2) is 276 Å². The molecule has 0 spiro atoms. The summed E-state index contributed by atoms with van der Waals surface area (Å²) in [5, 5.41) is 34.6. The van der Waals surface area contributed by atoms with Gasteiger partial charge in [0.1, 0.15) is 66.5 Å². The van der Waals surface area contributed by atoms with Crippen LogP contribution in [0, 0.1) is 35.5 Å². The van der Waals surface area contributed by atoms with E-state index in [4.69, 9.17) is 4.74 Å². The maximum Gasteiger partial charge on any atom is 0.248 e. The average molecular weight is 1320 g/mol. The van der Waals surface area contributed by atoms with Crippen molar-refractivity contribution in [3.05, 3.63) is 12.2 Å². The van der Waals surface area contributed by atoms with Gasteiger partial charge in [-0.2, -0.15) is 0 Å². The normalized spacial score (nSPS) is 26.6. The Labute approximate surface area is 556 Å². The van der Waals surface area contributed by atoms with Gasteiger partial charge in [0.2, 0.25) is 65.0 Å². The van der Waals surface area contributed by atoms with Gasteiger partial charge in [-0.1, -0.05) is 95.2 Å². The van der Waals surface area contributed by atoms with E-state index in [9.17, 15) is 34.2 Å². The molecule has 534 valence electrons. The number of carbonyl (C=O) groups is 11. The molecule has 11 amide bonds. The molecule has 0 aliphatic carbocycles. The van der Waals surface area contributed by atoms with Crippen molar-refractivity contribution in [2.75, 3.05) is 83.2 Å². The van der Waals surface area contributed by atoms with Crippen molar-refractivity contribution in [2.45, 2.75) is 234 Å². The zero-order valence-electron chi connectivity index (χ0n) is 61.3. The lowest BCUT2D eigenvalue weighted by molar-refractivity contribution is -0.157. The van der Waals surface area contributed by atoms with Gasteiger partial charge >= 0.3 is 0 Å². The summed E-state index contributed by atoms with van der Waals surface area (Å²) in [6.45, 7) is 28.9. The highest BCUT2D eigenvalue weighted by atomic mass is 16.5. The topological polar surface area (TPSA) is 312 Å². The highest BCUT2D eigenvalue weighted by Crippen LogP contribution is 2.26. The van der Waals surface area contributed by atoms with E-state index in [2.05, 4.69) is 21.3 Å². The van der Waals surface area contributed by atoms with Gasteiger partial charge in [-0.15, -0.1) is 0 Å². The van der Waals surface area contributed by atoms with Crippen LogP contribution >= 0.6 is 0 Å². The summed E-state index contributed by atoms with van der Waals surface area (Å²) in [5.74, 6) is -10.6. The molecule has 1 heterocycles. The number of amides is 11. The van der Waals surface area contributed by atoms with Crippen molar-refractivity contribution in [3.8, 4) is 0 Å². The van der Waals surface area contributed by atoms with Crippen LogP contribution in [0.5, 0.6) is 0 Å². The molecule has 1 fully saturated rings. The number of ether oxygens (including phenoxy) is 1. The zero-order valence-corrected chi connectivity index (χ0v) is 61.3. The fourth-order valence-electron chi connectivity index (χ4n) is 11.4. The van der Waals surface area contributed by atoms with Crippen LogP contribution in [0.15, 0.2) is 12.2 Å². The second kappa shape index (κ2) is 38.3. The molecule has 0 radical (unpaired) electrons. The highest BCUT2D eigenvalue weighted by molar-refractivity contribution is 6.00.